The second-order valence-electron chi connectivity index (χ2n) is 5.95. The molecule has 1 saturated heterocycles. The number of hydrogen-bond donors (Lipinski definition) is 0. The van der Waals surface area contributed by atoms with Crippen molar-refractivity contribution in [3.05, 3.63) is 42.5 Å². The molecule has 0 aliphatic carbocycles. The standard InChI is InChI=1S/C17H23N5O/c1-2-16-20-8-11-21(16)10-5-17(23)22-9-3-4-14(13-22)15-12-18-6-7-19-15/h6-8,11-12,14H,2-5,9-10,13H2,1H3/t14-/m1/s1. The van der Waals surface area contributed by atoms with Crippen molar-refractivity contribution < 1.29 is 4.79 Å². The van der Waals surface area contributed by atoms with Crippen LogP contribution in [0.1, 0.15) is 43.6 Å². The Morgan fingerprint density at radius 1 is 1.30 bits per heavy atom. The summed E-state index contributed by atoms with van der Waals surface area (Å²) in [6.07, 6.45) is 12.5. The monoisotopic (exact) mass is 313 g/mol. The normalized spacial score (nSPS) is 18.1. The SMILES string of the molecule is CCc1nccn1CCC(=O)N1CCC[C@@H](c2cnccn2)C1. The number of rotatable bonds is 5. The molecule has 1 amide bonds. The van der Waals surface area contributed by atoms with Crippen molar-refractivity contribution in [2.75, 3.05) is 13.1 Å². The minimum Gasteiger partial charge on any atom is -0.342 e. The molecule has 0 spiro atoms. The highest BCUT2D eigenvalue weighted by molar-refractivity contribution is 5.76. The number of piperidine rings is 1. The van der Waals surface area contributed by atoms with E-state index in [1.165, 1.54) is 0 Å². The van der Waals surface area contributed by atoms with E-state index in [1.54, 1.807) is 18.6 Å². The fourth-order valence-corrected chi connectivity index (χ4v) is 3.20. The topological polar surface area (TPSA) is 63.9 Å². The molecule has 2 aromatic rings. The van der Waals surface area contributed by atoms with E-state index in [1.807, 2.05) is 17.3 Å². The maximum absolute atomic E-state index is 12.5. The Balaban J connectivity index is 1.57. The Hall–Kier alpha value is -2.24. The van der Waals surface area contributed by atoms with Gasteiger partial charge in [-0.05, 0) is 12.8 Å². The number of aromatic nitrogens is 4. The summed E-state index contributed by atoms with van der Waals surface area (Å²) in [5.41, 5.74) is 0.993. The molecule has 3 heterocycles. The minimum atomic E-state index is 0.217. The van der Waals surface area contributed by atoms with E-state index in [0.29, 0.717) is 18.9 Å². The summed E-state index contributed by atoms with van der Waals surface area (Å²) in [5, 5.41) is 0. The van der Waals surface area contributed by atoms with Crippen LogP contribution in [0.5, 0.6) is 0 Å². The Labute approximate surface area is 136 Å². The maximum Gasteiger partial charge on any atom is 0.224 e. The van der Waals surface area contributed by atoms with Crippen LogP contribution in [0.3, 0.4) is 0 Å². The number of carbonyl (C=O) groups excluding carboxylic acids is 1. The van der Waals surface area contributed by atoms with E-state index < -0.39 is 0 Å². The first-order valence-corrected chi connectivity index (χ1v) is 8.31. The van der Waals surface area contributed by atoms with Gasteiger partial charge in [0.2, 0.25) is 5.91 Å². The van der Waals surface area contributed by atoms with Gasteiger partial charge in [-0.2, -0.15) is 0 Å². The van der Waals surface area contributed by atoms with Gasteiger partial charge in [-0.15, -0.1) is 0 Å². The number of nitrogens with zero attached hydrogens (tertiary/aromatic N) is 5. The predicted octanol–water partition coefficient (Wildman–Crippen LogP) is 2.03. The van der Waals surface area contributed by atoms with Gasteiger partial charge in [-0.3, -0.25) is 14.8 Å². The Morgan fingerprint density at radius 2 is 2.22 bits per heavy atom. The third-order valence-electron chi connectivity index (χ3n) is 4.46. The van der Waals surface area contributed by atoms with Crippen molar-refractivity contribution in [2.45, 2.75) is 45.1 Å². The lowest BCUT2D eigenvalue weighted by molar-refractivity contribution is -0.132. The van der Waals surface area contributed by atoms with Gasteiger partial charge in [-0.1, -0.05) is 6.92 Å². The molecule has 0 radical (unpaired) electrons. The van der Waals surface area contributed by atoms with Crippen molar-refractivity contribution in [2.24, 2.45) is 0 Å². The zero-order chi connectivity index (χ0) is 16.1. The smallest absolute Gasteiger partial charge is 0.224 e. The third kappa shape index (κ3) is 3.75. The molecule has 1 fully saturated rings. The second-order valence-corrected chi connectivity index (χ2v) is 5.95. The molecule has 0 aromatic carbocycles. The molecule has 23 heavy (non-hydrogen) atoms. The summed E-state index contributed by atoms with van der Waals surface area (Å²) in [6.45, 7) is 4.38. The van der Waals surface area contributed by atoms with Crippen molar-refractivity contribution in [3.8, 4) is 0 Å². The minimum absolute atomic E-state index is 0.217. The van der Waals surface area contributed by atoms with Gasteiger partial charge in [0.1, 0.15) is 5.82 Å². The average Bonchev–Trinajstić information content (AvgIpc) is 3.08. The number of aryl methyl sites for hydroxylation is 2. The Bertz CT molecular complexity index is 639. The summed E-state index contributed by atoms with van der Waals surface area (Å²) in [7, 11) is 0. The highest BCUT2D eigenvalue weighted by Gasteiger charge is 2.25. The molecule has 122 valence electrons. The van der Waals surface area contributed by atoms with Gasteiger partial charge < -0.3 is 9.47 Å². The molecule has 0 N–H and O–H groups in total. The van der Waals surface area contributed by atoms with Crippen LogP contribution < -0.4 is 0 Å². The number of hydrogen-bond acceptors (Lipinski definition) is 4. The summed E-state index contributed by atoms with van der Waals surface area (Å²) in [6, 6.07) is 0. The van der Waals surface area contributed by atoms with Gasteiger partial charge in [0.25, 0.3) is 0 Å². The maximum atomic E-state index is 12.5. The van der Waals surface area contributed by atoms with Crippen LogP contribution >= 0.6 is 0 Å². The molecular formula is C17H23N5O. The van der Waals surface area contributed by atoms with E-state index >= 15 is 0 Å². The van der Waals surface area contributed by atoms with E-state index in [4.69, 9.17) is 0 Å². The molecule has 0 bridgehead atoms. The largest absolute Gasteiger partial charge is 0.342 e. The van der Waals surface area contributed by atoms with E-state index in [2.05, 4.69) is 26.4 Å². The first-order valence-electron chi connectivity index (χ1n) is 8.31. The van der Waals surface area contributed by atoms with Gasteiger partial charge in [0.05, 0.1) is 5.69 Å². The summed E-state index contributed by atoms with van der Waals surface area (Å²) < 4.78 is 2.07. The zero-order valence-corrected chi connectivity index (χ0v) is 13.6. The molecule has 1 aliphatic rings. The predicted molar refractivity (Wildman–Crippen MR) is 86.8 cm³/mol. The highest BCUT2D eigenvalue weighted by atomic mass is 16.2. The lowest BCUT2D eigenvalue weighted by Gasteiger charge is -2.32. The van der Waals surface area contributed by atoms with Crippen LogP contribution in [0.2, 0.25) is 0 Å². The summed E-state index contributed by atoms with van der Waals surface area (Å²) in [5.74, 6) is 1.56. The molecule has 6 nitrogen and oxygen atoms in total. The first kappa shape index (κ1) is 15.6. The van der Waals surface area contributed by atoms with E-state index in [9.17, 15) is 4.79 Å². The zero-order valence-electron chi connectivity index (χ0n) is 13.6. The molecule has 1 aliphatic heterocycles. The molecule has 6 heteroatoms. The van der Waals surface area contributed by atoms with Crippen molar-refractivity contribution in [1.82, 2.24) is 24.4 Å². The fraction of sp³-hybridized carbons (Fsp3) is 0.529. The fourth-order valence-electron chi connectivity index (χ4n) is 3.20. The van der Waals surface area contributed by atoms with Crippen molar-refractivity contribution >= 4 is 5.91 Å². The molecule has 0 unspecified atom stereocenters. The molecule has 1 atom stereocenters. The number of imidazole rings is 1. The third-order valence-corrected chi connectivity index (χ3v) is 4.46. The van der Waals surface area contributed by atoms with Crippen molar-refractivity contribution in [1.29, 1.82) is 0 Å². The number of carbonyl (C=O) groups is 1. The van der Waals surface area contributed by atoms with Gasteiger partial charge in [0, 0.05) is 69.4 Å². The number of amides is 1. The molecule has 0 saturated carbocycles. The van der Waals surface area contributed by atoms with Gasteiger partial charge >= 0.3 is 0 Å². The van der Waals surface area contributed by atoms with Crippen LogP contribution in [-0.2, 0) is 17.8 Å². The molecule has 3 rings (SSSR count). The van der Waals surface area contributed by atoms with Crippen molar-refractivity contribution in [3.63, 3.8) is 0 Å². The van der Waals surface area contributed by atoms with Gasteiger partial charge in [0.15, 0.2) is 0 Å². The van der Waals surface area contributed by atoms with Gasteiger partial charge in [-0.25, -0.2) is 4.98 Å². The van der Waals surface area contributed by atoms with Crippen LogP contribution in [-0.4, -0.2) is 43.4 Å². The van der Waals surface area contributed by atoms with Crippen LogP contribution in [0, 0.1) is 0 Å². The van der Waals surface area contributed by atoms with Crippen LogP contribution in [0.15, 0.2) is 31.0 Å². The highest BCUT2D eigenvalue weighted by Crippen LogP contribution is 2.25. The number of likely N-dealkylation sites (tertiary alicyclic amines) is 1. The van der Waals surface area contributed by atoms with Crippen LogP contribution in [0.25, 0.3) is 0 Å². The van der Waals surface area contributed by atoms with Crippen LogP contribution in [0.4, 0.5) is 0 Å². The van der Waals surface area contributed by atoms with E-state index in [0.717, 1.165) is 43.9 Å². The summed E-state index contributed by atoms with van der Waals surface area (Å²) in [4.78, 5) is 27.3. The second kappa shape index (κ2) is 7.35. The summed E-state index contributed by atoms with van der Waals surface area (Å²) >= 11 is 0. The lowest BCUT2D eigenvalue weighted by atomic mass is 9.95. The van der Waals surface area contributed by atoms with E-state index in [-0.39, 0.29) is 5.91 Å². The first-order chi connectivity index (χ1) is 11.3. The average molecular weight is 313 g/mol. The lowest BCUT2D eigenvalue weighted by Crippen LogP contribution is -2.39. The molecular weight excluding hydrogens is 290 g/mol. The molecule has 2 aromatic heterocycles. The Kier molecular flexibility index (Phi) is 5.00. The Morgan fingerprint density at radius 3 is 3.00 bits per heavy atom. The quantitative estimate of drug-likeness (QED) is 0.847.